The predicted molar refractivity (Wildman–Crippen MR) is 119 cm³/mol. The highest BCUT2D eigenvalue weighted by molar-refractivity contribution is 8.01. The zero-order valence-electron chi connectivity index (χ0n) is 17.7. The molecular formula is C24H27N3O3S. The molecule has 2 unspecified atom stereocenters. The van der Waals surface area contributed by atoms with E-state index in [0.717, 1.165) is 32.2 Å². The van der Waals surface area contributed by atoms with E-state index in [1.165, 1.54) is 34.8 Å². The summed E-state index contributed by atoms with van der Waals surface area (Å²) in [5.41, 5.74) is 3.05. The van der Waals surface area contributed by atoms with Gasteiger partial charge in [0.2, 0.25) is 5.91 Å². The molecule has 1 aliphatic carbocycles. The van der Waals surface area contributed by atoms with Crippen molar-refractivity contribution in [3.63, 3.8) is 0 Å². The molecule has 2 amide bonds. The molecule has 1 saturated carbocycles. The second kappa shape index (κ2) is 7.86. The Kier molecular flexibility index (Phi) is 5.16. The van der Waals surface area contributed by atoms with Crippen molar-refractivity contribution in [2.24, 2.45) is 5.41 Å². The monoisotopic (exact) mass is 437 g/mol. The standard InChI is InChI=1S/C24H27N3O3S/c1-16-5-6-20-18(10-16)11-21(31-20)23(29)27-15-24(7-3-8-24)12-19(27)13-25-22(28)17-4-2-9-26(30)14-17/h2,4-6,9-10,14,19,21H,3,7-8,11-13,15H2,1H3,(H,25,28). The number of pyridine rings is 1. The van der Waals surface area contributed by atoms with Gasteiger partial charge in [0.05, 0.1) is 5.25 Å². The van der Waals surface area contributed by atoms with Crippen molar-refractivity contribution in [3.8, 4) is 0 Å². The van der Waals surface area contributed by atoms with Crippen LogP contribution in [0, 0.1) is 17.5 Å². The van der Waals surface area contributed by atoms with Crippen LogP contribution in [0.4, 0.5) is 0 Å². The highest BCUT2D eigenvalue weighted by Crippen LogP contribution is 2.51. The van der Waals surface area contributed by atoms with Crippen LogP contribution in [0.25, 0.3) is 0 Å². The predicted octanol–water partition coefficient (Wildman–Crippen LogP) is 2.85. The van der Waals surface area contributed by atoms with Crippen LogP contribution in [0.1, 0.15) is 47.2 Å². The average Bonchev–Trinajstić information content (AvgIpc) is 3.33. The molecule has 1 N–H and O–H groups in total. The number of aromatic nitrogens is 1. The molecular weight excluding hydrogens is 410 g/mol. The second-order valence-corrected chi connectivity index (χ2v) is 10.5. The van der Waals surface area contributed by atoms with Gasteiger partial charge in [0.25, 0.3) is 5.91 Å². The summed E-state index contributed by atoms with van der Waals surface area (Å²) in [7, 11) is 0. The number of thioether (sulfide) groups is 1. The van der Waals surface area contributed by atoms with Crippen LogP contribution in [0.3, 0.4) is 0 Å². The Balaban J connectivity index is 1.28. The molecule has 1 saturated heterocycles. The van der Waals surface area contributed by atoms with Crippen LogP contribution in [-0.2, 0) is 11.2 Å². The Hall–Kier alpha value is -2.54. The molecule has 5 rings (SSSR count). The summed E-state index contributed by atoms with van der Waals surface area (Å²) in [6, 6.07) is 9.61. The molecule has 1 spiro atoms. The fraction of sp³-hybridized carbons (Fsp3) is 0.458. The number of benzene rings is 1. The number of nitrogens with zero attached hydrogens (tertiary/aromatic N) is 2. The molecule has 2 fully saturated rings. The zero-order chi connectivity index (χ0) is 21.6. The van der Waals surface area contributed by atoms with Gasteiger partial charge in [-0.3, -0.25) is 9.59 Å². The van der Waals surface area contributed by atoms with E-state index in [4.69, 9.17) is 0 Å². The minimum absolute atomic E-state index is 0.00545. The van der Waals surface area contributed by atoms with Gasteiger partial charge in [-0.15, -0.1) is 11.8 Å². The lowest BCUT2D eigenvalue weighted by molar-refractivity contribution is -0.605. The number of aryl methyl sites for hydroxylation is 1. The van der Waals surface area contributed by atoms with Gasteiger partial charge < -0.3 is 15.4 Å². The smallest absolute Gasteiger partial charge is 0.257 e. The number of rotatable bonds is 4. The van der Waals surface area contributed by atoms with Crippen molar-refractivity contribution >= 4 is 23.6 Å². The third-order valence-corrected chi connectivity index (χ3v) is 8.32. The second-order valence-electron chi connectivity index (χ2n) is 9.26. The number of likely N-dealkylation sites (tertiary alicyclic amines) is 1. The summed E-state index contributed by atoms with van der Waals surface area (Å²) in [5, 5.41) is 14.3. The Bertz CT molecular complexity index is 1040. The minimum Gasteiger partial charge on any atom is -0.619 e. The highest BCUT2D eigenvalue weighted by atomic mass is 32.2. The molecule has 6 nitrogen and oxygen atoms in total. The van der Waals surface area contributed by atoms with Gasteiger partial charge in [-0.25, -0.2) is 0 Å². The van der Waals surface area contributed by atoms with Crippen LogP contribution >= 0.6 is 11.8 Å². The number of carbonyl (C=O) groups excluding carboxylic acids is 2. The van der Waals surface area contributed by atoms with E-state index in [9.17, 15) is 14.8 Å². The van der Waals surface area contributed by atoms with E-state index in [0.29, 0.717) is 16.8 Å². The van der Waals surface area contributed by atoms with Gasteiger partial charge in [0.1, 0.15) is 5.56 Å². The Morgan fingerprint density at radius 2 is 2.16 bits per heavy atom. The molecule has 3 heterocycles. The van der Waals surface area contributed by atoms with Crippen molar-refractivity contribution in [1.82, 2.24) is 10.2 Å². The van der Waals surface area contributed by atoms with Crippen LogP contribution in [0.15, 0.2) is 47.6 Å². The summed E-state index contributed by atoms with van der Waals surface area (Å²) in [6.45, 7) is 3.30. The van der Waals surface area contributed by atoms with E-state index in [-0.39, 0.29) is 28.5 Å². The van der Waals surface area contributed by atoms with Crippen LogP contribution in [0.5, 0.6) is 0 Å². The molecule has 7 heteroatoms. The van der Waals surface area contributed by atoms with Crippen molar-refractivity contribution in [2.75, 3.05) is 13.1 Å². The maximum Gasteiger partial charge on any atom is 0.257 e. The molecule has 1 aromatic heterocycles. The molecule has 0 radical (unpaired) electrons. The number of hydrogen-bond acceptors (Lipinski definition) is 4. The van der Waals surface area contributed by atoms with Gasteiger partial charge in [0, 0.05) is 30.1 Å². The molecule has 2 atom stereocenters. The van der Waals surface area contributed by atoms with Gasteiger partial charge >= 0.3 is 0 Å². The van der Waals surface area contributed by atoms with Gasteiger partial charge in [-0.1, -0.05) is 24.1 Å². The van der Waals surface area contributed by atoms with Crippen LogP contribution in [-0.4, -0.2) is 41.1 Å². The first-order valence-electron chi connectivity index (χ1n) is 11.0. The number of fused-ring (bicyclic) bond motifs is 1. The fourth-order valence-electron chi connectivity index (χ4n) is 5.25. The third-order valence-electron chi connectivity index (χ3n) is 7.01. The van der Waals surface area contributed by atoms with Crippen molar-refractivity contribution in [3.05, 3.63) is 64.6 Å². The largest absolute Gasteiger partial charge is 0.619 e. The van der Waals surface area contributed by atoms with E-state index in [1.54, 1.807) is 23.9 Å². The Morgan fingerprint density at radius 3 is 2.90 bits per heavy atom. The van der Waals surface area contributed by atoms with E-state index in [2.05, 4.69) is 30.4 Å². The summed E-state index contributed by atoms with van der Waals surface area (Å²) in [5.74, 6) is -0.0794. The average molecular weight is 438 g/mol. The maximum absolute atomic E-state index is 13.5. The maximum atomic E-state index is 13.5. The van der Waals surface area contributed by atoms with Crippen molar-refractivity contribution < 1.29 is 14.3 Å². The normalized spacial score (nSPS) is 23.5. The Labute approximate surface area is 186 Å². The molecule has 31 heavy (non-hydrogen) atoms. The van der Waals surface area contributed by atoms with Gasteiger partial charge in [-0.2, -0.15) is 4.73 Å². The Morgan fingerprint density at radius 1 is 1.32 bits per heavy atom. The first-order valence-corrected chi connectivity index (χ1v) is 11.8. The number of amides is 2. The van der Waals surface area contributed by atoms with E-state index in [1.807, 2.05) is 4.90 Å². The quantitative estimate of drug-likeness (QED) is 0.590. The van der Waals surface area contributed by atoms with Crippen LogP contribution < -0.4 is 10.0 Å². The first kappa shape index (κ1) is 20.4. The zero-order valence-corrected chi connectivity index (χ0v) is 18.5. The lowest BCUT2D eigenvalue weighted by Crippen LogP contribution is -2.46. The summed E-state index contributed by atoms with van der Waals surface area (Å²) in [6.07, 6.45) is 7.88. The molecule has 1 aromatic carbocycles. The topological polar surface area (TPSA) is 76.4 Å². The first-order chi connectivity index (χ1) is 14.9. The summed E-state index contributed by atoms with van der Waals surface area (Å²) in [4.78, 5) is 29.3. The molecule has 0 bridgehead atoms. The fourth-order valence-corrected chi connectivity index (χ4v) is 6.49. The number of hydrogen-bond donors (Lipinski definition) is 1. The van der Waals surface area contributed by atoms with E-state index >= 15 is 0 Å². The van der Waals surface area contributed by atoms with Crippen LogP contribution in [0.2, 0.25) is 0 Å². The lowest BCUT2D eigenvalue weighted by Gasteiger charge is -2.38. The molecule has 2 aliphatic heterocycles. The third kappa shape index (κ3) is 3.91. The molecule has 3 aliphatic rings. The number of nitrogens with one attached hydrogen (secondary N) is 1. The highest BCUT2D eigenvalue weighted by Gasteiger charge is 2.50. The summed E-state index contributed by atoms with van der Waals surface area (Å²) >= 11 is 1.67. The molecule has 162 valence electrons. The molecule has 2 aromatic rings. The lowest BCUT2D eigenvalue weighted by atomic mass is 9.67. The van der Waals surface area contributed by atoms with Gasteiger partial charge in [-0.05, 0) is 55.7 Å². The van der Waals surface area contributed by atoms with Gasteiger partial charge in [0.15, 0.2) is 12.4 Å². The van der Waals surface area contributed by atoms with E-state index < -0.39 is 0 Å². The van der Waals surface area contributed by atoms with Crippen molar-refractivity contribution in [1.29, 1.82) is 0 Å². The SMILES string of the molecule is Cc1ccc2c(c1)CC(C(=O)N1CC3(CCC3)CC1CNC(=O)c1ccc[n+]([O-])c1)S2. The minimum atomic E-state index is -0.273. The van der Waals surface area contributed by atoms with Crippen molar-refractivity contribution in [2.45, 2.75) is 55.2 Å². The summed E-state index contributed by atoms with van der Waals surface area (Å²) < 4.78 is 0.625. The number of carbonyl (C=O) groups is 2.